The largest absolute Gasteiger partial charge is 0.756 e. The van der Waals surface area contributed by atoms with E-state index in [1.807, 2.05) is 21.1 Å². The lowest BCUT2D eigenvalue weighted by molar-refractivity contribution is -0.870. The number of hydrogen-bond donors (Lipinski definition) is 0. The van der Waals surface area contributed by atoms with Crippen molar-refractivity contribution in [3.8, 4) is 0 Å². The van der Waals surface area contributed by atoms with Gasteiger partial charge in [-0.25, -0.2) is 0 Å². The van der Waals surface area contributed by atoms with Gasteiger partial charge in [0, 0.05) is 13.0 Å². The first kappa shape index (κ1) is 52.5. The van der Waals surface area contributed by atoms with Crippen LogP contribution in [0.3, 0.4) is 0 Å². The van der Waals surface area contributed by atoms with Crippen molar-refractivity contribution in [2.45, 2.75) is 180 Å². The maximum atomic E-state index is 12.7. The Labute approximate surface area is 333 Å². The summed E-state index contributed by atoms with van der Waals surface area (Å²) in [5, 5.41) is 0. The third kappa shape index (κ3) is 41.6. The second-order valence-corrected chi connectivity index (χ2v) is 17.1. The molecular weight excluding hydrogens is 697 g/mol. The van der Waals surface area contributed by atoms with E-state index in [0.29, 0.717) is 24.1 Å². The molecule has 0 amide bonds. The van der Waals surface area contributed by atoms with E-state index in [-0.39, 0.29) is 25.8 Å². The van der Waals surface area contributed by atoms with Gasteiger partial charge in [-0.15, -0.1) is 0 Å². The molecule has 0 aliphatic carbocycles. The predicted molar refractivity (Wildman–Crippen MR) is 226 cm³/mol. The number of hydrogen-bond acceptors (Lipinski definition) is 7. The third-order valence-corrected chi connectivity index (χ3v) is 10.1. The molecule has 0 aromatic heterocycles. The highest BCUT2D eigenvalue weighted by atomic mass is 31.2. The van der Waals surface area contributed by atoms with E-state index in [0.717, 1.165) is 64.2 Å². The number of phosphoric acid groups is 1. The molecular formula is C45H84NO7P. The highest BCUT2D eigenvalue weighted by Crippen LogP contribution is 2.38. The molecule has 316 valence electrons. The summed E-state index contributed by atoms with van der Waals surface area (Å²) in [6.07, 6.45) is 45.4. The molecule has 0 saturated heterocycles. The predicted octanol–water partition coefficient (Wildman–Crippen LogP) is 12.1. The van der Waals surface area contributed by atoms with Crippen LogP contribution >= 0.6 is 7.82 Å². The molecule has 9 heteroatoms. The van der Waals surface area contributed by atoms with Crippen LogP contribution in [0.1, 0.15) is 174 Å². The van der Waals surface area contributed by atoms with E-state index < -0.39 is 13.9 Å². The Morgan fingerprint density at radius 1 is 0.574 bits per heavy atom. The average Bonchev–Trinajstić information content (AvgIpc) is 3.12. The maximum Gasteiger partial charge on any atom is 0.306 e. The number of nitrogens with zero attached hydrogens (tertiary/aromatic N) is 1. The van der Waals surface area contributed by atoms with Gasteiger partial charge in [0.2, 0.25) is 0 Å². The molecule has 0 spiro atoms. The number of allylic oxidation sites excluding steroid dienone is 8. The topological polar surface area (TPSA) is 94.1 Å². The first-order chi connectivity index (χ1) is 26.1. The van der Waals surface area contributed by atoms with Crippen molar-refractivity contribution in [1.29, 1.82) is 0 Å². The zero-order valence-electron chi connectivity index (χ0n) is 35.7. The highest BCUT2D eigenvalue weighted by molar-refractivity contribution is 7.45. The summed E-state index contributed by atoms with van der Waals surface area (Å²) in [6, 6.07) is 0. The van der Waals surface area contributed by atoms with Gasteiger partial charge in [0.05, 0.1) is 34.4 Å². The van der Waals surface area contributed by atoms with E-state index in [9.17, 15) is 14.3 Å². The van der Waals surface area contributed by atoms with Crippen LogP contribution < -0.4 is 4.89 Å². The van der Waals surface area contributed by atoms with Crippen molar-refractivity contribution in [3.05, 3.63) is 48.6 Å². The lowest BCUT2D eigenvalue weighted by atomic mass is 10.1. The smallest absolute Gasteiger partial charge is 0.306 e. The van der Waals surface area contributed by atoms with Gasteiger partial charge in [0.25, 0.3) is 7.82 Å². The van der Waals surface area contributed by atoms with Crippen molar-refractivity contribution in [3.63, 3.8) is 0 Å². The van der Waals surface area contributed by atoms with Crippen LogP contribution in [0.2, 0.25) is 0 Å². The Morgan fingerprint density at radius 2 is 1.04 bits per heavy atom. The van der Waals surface area contributed by atoms with Crippen molar-refractivity contribution in [1.82, 2.24) is 0 Å². The standard InChI is InChI=1S/C45H84NO7P/c1-6-8-10-12-14-16-18-20-22-23-24-26-28-30-32-34-36-38-45(47)53-44(43-52-54(48,49)51-41-39-46(3,4)5)42-50-40-37-35-33-31-29-27-25-21-19-17-15-13-11-9-7-2/h13-16,19-22,44H,6-12,17-18,23-43H2,1-5H3/b15-13-,16-14-,21-19-,22-20-. The summed E-state index contributed by atoms with van der Waals surface area (Å²) in [7, 11) is 1.34. The van der Waals surface area contributed by atoms with E-state index in [4.69, 9.17) is 18.5 Å². The lowest BCUT2D eigenvalue weighted by Crippen LogP contribution is -2.37. The number of ether oxygens (including phenoxy) is 2. The minimum absolute atomic E-state index is 0.0207. The van der Waals surface area contributed by atoms with Gasteiger partial charge < -0.3 is 27.9 Å². The molecule has 0 fully saturated rings. The molecule has 2 unspecified atom stereocenters. The van der Waals surface area contributed by atoms with Gasteiger partial charge >= 0.3 is 5.97 Å². The summed E-state index contributed by atoms with van der Waals surface area (Å²) >= 11 is 0. The van der Waals surface area contributed by atoms with Crippen molar-refractivity contribution in [2.24, 2.45) is 0 Å². The van der Waals surface area contributed by atoms with Gasteiger partial charge in [0.15, 0.2) is 0 Å². The minimum atomic E-state index is -4.53. The van der Waals surface area contributed by atoms with Gasteiger partial charge in [-0.1, -0.05) is 146 Å². The molecule has 0 aromatic rings. The number of quaternary nitrogens is 1. The van der Waals surface area contributed by atoms with Crippen LogP contribution in [0.15, 0.2) is 48.6 Å². The van der Waals surface area contributed by atoms with E-state index in [2.05, 4.69) is 62.5 Å². The zero-order valence-corrected chi connectivity index (χ0v) is 36.6. The number of unbranched alkanes of at least 4 members (excludes halogenated alkanes) is 18. The maximum absolute atomic E-state index is 12.7. The highest BCUT2D eigenvalue weighted by Gasteiger charge is 2.20. The lowest BCUT2D eigenvalue weighted by Gasteiger charge is -2.28. The monoisotopic (exact) mass is 782 g/mol. The quantitative estimate of drug-likeness (QED) is 0.0201. The summed E-state index contributed by atoms with van der Waals surface area (Å²) in [4.78, 5) is 25.0. The van der Waals surface area contributed by atoms with Crippen LogP contribution in [-0.4, -0.2) is 70.7 Å². The number of esters is 1. The van der Waals surface area contributed by atoms with Crippen molar-refractivity contribution >= 4 is 13.8 Å². The molecule has 0 aromatic carbocycles. The second kappa shape index (κ2) is 38.3. The molecule has 54 heavy (non-hydrogen) atoms. The van der Waals surface area contributed by atoms with E-state index in [1.165, 1.54) is 89.9 Å². The summed E-state index contributed by atoms with van der Waals surface area (Å²) in [6.45, 7) is 5.31. The molecule has 0 saturated carbocycles. The Kier molecular flexibility index (Phi) is 37.2. The number of rotatable bonds is 40. The molecule has 0 radical (unpaired) electrons. The number of carbonyl (C=O) groups is 1. The number of likely N-dealkylation sites (N-methyl/N-ethyl adjacent to an activating group) is 1. The zero-order chi connectivity index (χ0) is 39.9. The molecule has 0 aliphatic rings. The Morgan fingerprint density at radius 3 is 1.56 bits per heavy atom. The fraction of sp³-hybridized carbons (Fsp3) is 0.800. The first-order valence-corrected chi connectivity index (χ1v) is 23.3. The van der Waals surface area contributed by atoms with Crippen LogP contribution in [0.4, 0.5) is 0 Å². The van der Waals surface area contributed by atoms with Gasteiger partial charge in [-0.2, -0.15) is 0 Å². The second-order valence-electron chi connectivity index (χ2n) is 15.7. The minimum Gasteiger partial charge on any atom is -0.756 e. The number of carbonyl (C=O) groups excluding carboxylic acids is 1. The summed E-state index contributed by atoms with van der Waals surface area (Å²) < 4.78 is 34.6. The molecule has 0 rings (SSSR count). The fourth-order valence-electron chi connectivity index (χ4n) is 5.65. The molecule has 2 atom stereocenters. The van der Waals surface area contributed by atoms with Crippen LogP contribution in [-0.2, 0) is 27.9 Å². The van der Waals surface area contributed by atoms with Crippen LogP contribution in [0.5, 0.6) is 0 Å². The van der Waals surface area contributed by atoms with E-state index in [1.54, 1.807) is 0 Å². The third-order valence-electron chi connectivity index (χ3n) is 9.10. The number of phosphoric ester groups is 1. The summed E-state index contributed by atoms with van der Waals surface area (Å²) in [5.41, 5.74) is 0. The Balaban J connectivity index is 4.27. The van der Waals surface area contributed by atoms with Crippen LogP contribution in [0, 0.1) is 0 Å². The first-order valence-electron chi connectivity index (χ1n) is 21.9. The van der Waals surface area contributed by atoms with Gasteiger partial charge in [-0.3, -0.25) is 9.36 Å². The Hall–Kier alpha value is -1.54. The molecule has 0 N–H and O–H groups in total. The van der Waals surface area contributed by atoms with Crippen molar-refractivity contribution < 1.29 is 37.3 Å². The molecule has 8 nitrogen and oxygen atoms in total. The van der Waals surface area contributed by atoms with E-state index >= 15 is 0 Å². The average molecular weight is 782 g/mol. The SMILES string of the molecule is CCCC/C=C\C/C=C\CCCCCCCCOCC(COP(=O)([O-])OCC[N+](C)(C)C)OC(=O)CCCCCCCCC/C=C\C/C=C\CCCCC. The van der Waals surface area contributed by atoms with Gasteiger partial charge in [-0.05, 0) is 70.6 Å². The summed E-state index contributed by atoms with van der Waals surface area (Å²) in [5.74, 6) is -0.347. The fourth-order valence-corrected chi connectivity index (χ4v) is 6.38. The van der Waals surface area contributed by atoms with Crippen LogP contribution in [0.25, 0.3) is 0 Å². The van der Waals surface area contributed by atoms with Crippen molar-refractivity contribution in [2.75, 3.05) is 54.1 Å². The Bertz CT molecular complexity index is 1000. The van der Waals surface area contributed by atoms with Gasteiger partial charge in [0.1, 0.15) is 19.3 Å². The molecule has 0 aliphatic heterocycles. The molecule has 0 heterocycles. The molecule has 0 bridgehead atoms. The normalized spacial score (nSPS) is 14.3.